The fourth-order valence-corrected chi connectivity index (χ4v) is 2.55. The number of amides is 3. The van der Waals surface area contributed by atoms with Gasteiger partial charge in [0.2, 0.25) is 0 Å². The van der Waals surface area contributed by atoms with E-state index in [0.29, 0.717) is 26.5 Å². The Hall–Kier alpha value is -1.41. The van der Waals surface area contributed by atoms with Crippen molar-refractivity contribution in [1.82, 2.24) is 5.32 Å². The first-order valence-corrected chi connectivity index (χ1v) is 6.19. The minimum absolute atomic E-state index is 0.347. The van der Waals surface area contributed by atoms with Crippen molar-refractivity contribution in [1.29, 1.82) is 0 Å². The highest BCUT2D eigenvalue weighted by Gasteiger charge is 2.11. The van der Waals surface area contributed by atoms with Crippen LogP contribution >= 0.6 is 31.9 Å². The number of aldehydes is 1. The van der Waals surface area contributed by atoms with Gasteiger partial charge in [-0.15, -0.1) is 0 Å². The summed E-state index contributed by atoms with van der Waals surface area (Å²) < 4.78 is 6.21. The molecule has 0 heterocycles. The van der Waals surface area contributed by atoms with E-state index in [4.69, 9.17) is 10.5 Å². The lowest BCUT2D eigenvalue weighted by molar-refractivity contribution is -0.121. The molecular formula is C10H8Br2N2O4. The summed E-state index contributed by atoms with van der Waals surface area (Å²) in [6.45, 7) is -0.374. The summed E-state index contributed by atoms with van der Waals surface area (Å²) in [5.41, 5.74) is 5.22. The van der Waals surface area contributed by atoms with Gasteiger partial charge in [-0.1, -0.05) is 0 Å². The number of urea groups is 1. The van der Waals surface area contributed by atoms with Crippen molar-refractivity contribution >= 4 is 50.1 Å². The number of benzene rings is 1. The molecule has 0 aliphatic carbocycles. The Kier molecular flexibility index (Phi) is 5.29. The van der Waals surface area contributed by atoms with Gasteiger partial charge in [0.25, 0.3) is 5.91 Å². The molecule has 1 aromatic rings. The first-order valence-electron chi connectivity index (χ1n) is 4.60. The fourth-order valence-electron chi connectivity index (χ4n) is 1.10. The van der Waals surface area contributed by atoms with Crippen molar-refractivity contribution in [3.8, 4) is 5.75 Å². The van der Waals surface area contributed by atoms with Crippen molar-refractivity contribution in [2.24, 2.45) is 5.73 Å². The van der Waals surface area contributed by atoms with Gasteiger partial charge in [0.15, 0.2) is 6.61 Å². The van der Waals surface area contributed by atoms with Crippen LogP contribution in [0.25, 0.3) is 0 Å². The van der Waals surface area contributed by atoms with Gasteiger partial charge in [-0.3, -0.25) is 14.9 Å². The third kappa shape index (κ3) is 4.11. The van der Waals surface area contributed by atoms with Gasteiger partial charge in [-0.05, 0) is 44.0 Å². The Balaban J connectivity index is 2.76. The van der Waals surface area contributed by atoms with Gasteiger partial charge >= 0.3 is 6.03 Å². The SMILES string of the molecule is NC(=O)NC(=O)COc1c(Br)cc(C=O)cc1Br. The maximum absolute atomic E-state index is 11.1. The highest BCUT2D eigenvalue weighted by atomic mass is 79.9. The van der Waals surface area contributed by atoms with Gasteiger partial charge in [0.05, 0.1) is 8.95 Å². The third-order valence-corrected chi connectivity index (χ3v) is 2.94. The van der Waals surface area contributed by atoms with E-state index in [9.17, 15) is 14.4 Å². The van der Waals surface area contributed by atoms with Crippen LogP contribution in [0.3, 0.4) is 0 Å². The summed E-state index contributed by atoms with van der Waals surface area (Å²) in [5, 5.41) is 1.86. The molecule has 0 unspecified atom stereocenters. The van der Waals surface area contributed by atoms with Crippen molar-refractivity contribution in [3.63, 3.8) is 0 Å². The summed E-state index contributed by atoms with van der Waals surface area (Å²) in [5.74, 6) is -0.319. The zero-order valence-corrected chi connectivity index (χ0v) is 12.1. The molecule has 96 valence electrons. The average molecular weight is 380 g/mol. The van der Waals surface area contributed by atoms with Crippen LogP contribution in [0.2, 0.25) is 0 Å². The zero-order valence-electron chi connectivity index (χ0n) is 8.91. The van der Waals surface area contributed by atoms with E-state index in [1.165, 1.54) is 0 Å². The number of carbonyl (C=O) groups is 3. The number of imide groups is 1. The van der Waals surface area contributed by atoms with Crippen LogP contribution in [0.4, 0.5) is 4.79 Å². The predicted octanol–water partition coefficient (Wildman–Crippen LogP) is 1.60. The Morgan fingerprint density at radius 2 is 1.89 bits per heavy atom. The summed E-state index contributed by atoms with van der Waals surface area (Å²) in [6.07, 6.45) is 0.680. The number of ether oxygens (including phenoxy) is 1. The quantitative estimate of drug-likeness (QED) is 0.776. The molecule has 0 spiro atoms. The molecule has 6 nitrogen and oxygen atoms in total. The monoisotopic (exact) mass is 378 g/mol. The summed E-state index contributed by atoms with van der Waals surface area (Å²) in [4.78, 5) is 32.2. The van der Waals surface area contributed by atoms with E-state index in [1.807, 2.05) is 5.32 Å². The number of hydrogen-bond acceptors (Lipinski definition) is 4. The van der Waals surface area contributed by atoms with E-state index in [2.05, 4.69) is 31.9 Å². The topological polar surface area (TPSA) is 98.5 Å². The molecule has 1 rings (SSSR count). The number of halogens is 2. The van der Waals surface area contributed by atoms with Crippen molar-refractivity contribution in [2.75, 3.05) is 6.61 Å². The average Bonchev–Trinajstić information content (AvgIpc) is 2.26. The second kappa shape index (κ2) is 6.50. The lowest BCUT2D eigenvalue weighted by Crippen LogP contribution is -2.38. The molecule has 0 radical (unpaired) electrons. The van der Waals surface area contributed by atoms with E-state index in [1.54, 1.807) is 12.1 Å². The Morgan fingerprint density at radius 1 is 1.33 bits per heavy atom. The summed E-state index contributed by atoms with van der Waals surface area (Å²) in [6, 6.07) is 2.14. The normalized spacial score (nSPS) is 9.67. The van der Waals surface area contributed by atoms with E-state index >= 15 is 0 Å². The molecule has 0 aliphatic heterocycles. The van der Waals surface area contributed by atoms with Crippen LogP contribution in [0, 0.1) is 0 Å². The number of nitrogens with two attached hydrogens (primary N) is 1. The first-order chi connectivity index (χ1) is 8.43. The van der Waals surface area contributed by atoms with E-state index < -0.39 is 11.9 Å². The van der Waals surface area contributed by atoms with Crippen molar-refractivity contribution < 1.29 is 19.1 Å². The Labute approximate surface area is 119 Å². The van der Waals surface area contributed by atoms with Crippen LogP contribution in [-0.4, -0.2) is 24.8 Å². The number of hydrogen-bond donors (Lipinski definition) is 2. The molecule has 0 bridgehead atoms. The van der Waals surface area contributed by atoms with Crippen LogP contribution in [-0.2, 0) is 4.79 Å². The van der Waals surface area contributed by atoms with Gasteiger partial charge in [0.1, 0.15) is 12.0 Å². The van der Waals surface area contributed by atoms with Gasteiger partial charge in [0, 0.05) is 5.56 Å². The Bertz CT molecular complexity index is 482. The lowest BCUT2D eigenvalue weighted by Gasteiger charge is -2.10. The van der Waals surface area contributed by atoms with Crippen LogP contribution in [0.5, 0.6) is 5.75 Å². The predicted molar refractivity (Wildman–Crippen MR) is 70.5 cm³/mol. The summed E-state index contributed by atoms with van der Waals surface area (Å²) >= 11 is 6.41. The maximum atomic E-state index is 11.1. The zero-order chi connectivity index (χ0) is 13.7. The molecular weight excluding hydrogens is 372 g/mol. The van der Waals surface area contributed by atoms with Crippen molar-refractivity contribution in [2.45, 2.75) is 0 Å². The fraction of sp³-hybridized carbons (Fsp3) is 0.100. The standard InChI is InChI=1S/C10H8Br2N2O4/c11-6-1-5(3-15)2-7(12)9(6)18-4-8(16)14-10(13)17/h1-3H,4H2,(H3,13,14,16,17). The molecule has 0 saturated heterocycles. The smallest absolute Gasteiger partial charge is 0.318 e. The minimum Gasteiger partial charge on any atom is -0.481 e. The number of primary amides is 1. The molecule has 0 atom stereocenters. The largest absolute Gasteiger partial charge is 0.481 e. The van der Waals surface area contributed by atoms with E-state index in [0.717, 1.165) is 0 Å². The van der Waals surface area contributed by atoms with Gasteiger partial charge < -0.3 is 10.5 Å². The number of rotatable bonds is 4. The highest BCUT2D eigenvalue weighted by Crippen LogP contribution is 2.34. The summed E-state index contributed by atoms with van der Waals surface area (Å²) in [7, 11) is 0. The molecule has 0 fully saturated rings. The molecule has 3 amide bonds. The second-order valence-corrected chi connectivity index (χ2v) is 4.84. The molecule has 0 aromatic heterocycles. The second-order valence-electron chi connectivity index (χ2n) is 3.13. The number of carbonyl (C=O) groups excluding carboxylic acids is 3. The first kappa shape index (κ1) is 14.7. The molecule has 0 saturated carbocycles. The third-order valence-electron chi connectivity index (χ3n) is 1.77. The highest BCUT2D eigenvalue weighted by molar-refractivity contribution is 9.11. The van der Waals surface area contributed by atoms with Gasteiger partial charge in [-0.25, -0.2) is 4.79 Å². The number of nitrogens with one attached hydrogen (secondary N) is 1. The van der Waals surface area contributed by atoms with Crippen LogP contribution in [0.15, 0.2) is 21.1 Å². The minimum atomic E-state index is -0.946. The molecule has 3 N–H and O–H groups in total. The molecule has 0 aliphatic rings. The lowest BCUT2D eigenvalue weighted by atomic mass is 10.2. The van der Waals surface area contributed by atoms with Gasteiger partial charge in [-0.2, -0.15) is 0 Å². The maximum Gasteiger partial charge on any atom is 0.318 e. The van der Waals surface area contributed by atoms with Crippen LogP contribution < -0.4 is 15.8 Å². The van der Waals surface area contributed by atoms with E-state index in [-0.39, 0.29) is 6.61 Å². The Morgan fingerprint density at radius 3 is 2.33 bits per heavy atom. The molecule has 1 aromatic carbocycles. The van der Waals surface area contributed by atoms with Crippen LogP contribution in [0.1, 0.15) is 10.4 Å². The van der Waals surface area contributed by atoms with Crippen molar-refractivity contribution in [3.05, 3.63) is 26.6 Å². The molecule has 18 heavy (non-hydrogen) atoms. The molecule has 8 heteroatoms.